The third-order valence-electron chi connectivity index (χ3n) is 5.19. The minimum Gasteiger partial charge on any atom is -0.378 e. The fraction of sp³-hybridized carbons (Fsp3) is 0.304. The van der Waals surface area contributed by atoms with Crippen molar-refractivity contribution in [3.05, 3.63) is 60.2 Å². The molecular weight excluding hydrogens is 440 g/mol. The number of rotatable bonds is 6. The fourth-order valence-electron chi connectivity index (χ4n) is 3.44. The Morgan fingerprint density at radius 2 is 1.73 bits per heavy atom. The number of nitrogens with zero attached hydrogens (tertiary/aromatic N) is 4. The third kappa shape index (κ3) is 5.52. The summed E-state index contributed by atoms with van der Waals surface area (Å²) in [5, 5.41) is 13.9. The van der Waals surface area contributed by atoms with Gasteiger partial charge in [0.25, 0.3) is 0 Å². The molecule has 1 atom stereocenters. The third-order valence-corrected chi connectivity index (χ3v) is 6.23. The molecule has 1 aliphatic rings. The van der Waals surface area contributed by atoms with Crippen molar-refractivity contribution in [2.75, 3.05) is 36.5 Å². The first-order chi connectivity index (χ1) is 16.0. The van der Waals surface area contributed by atoms with Crippen LogP contribution in [0.2, 0.25) is 0 Å². The molecular formula is C23H26N6O3S. The van der Waals surface area contributed by atoms with Gasteiger partial charge in [0.2, 0.25) is 11.9 Å². The van der Waals surface area contributed by atoms with Crippen LogP contribution in [0.1, 0.15) is 12.5 Å². The Hall–Kier alpha value is -3.37. The van der Waals surface area contributed by atoms with Crippen LogP contribution in [0.5, 0.6) is 0 Å². The van der Waals surface area contributed by atoms with Gasteiger partial charge in [-0.25, -0.2) is 4.79 Å². The second-order valence-electron chi connectivity index (χ2n) is 7.57. The second-order valence-corrected chi connectivity index (χ2v) is 8.88. The summed E-state index contributed by atoms with van der Waals surface area (Å²) in [6.07, 6.45) is 0. The van der Waals surface area contributed by atoms with E-state index in [-0.39, 0.29) is 0 Å². The molecule has 0 spiro atoms. The fourth-order valence-corrected chi connectivity index (χ4v) is 4.30. The van der Waals surface area contributed by atoms with Gasteiger partial charge in [-0.15, -0.1) is 10.2 Å². The number of anilines is 2. The van der Waals surface area contributed by atoms with Crippen LogP contribution < -0.4 is 15.5 Å². The van der Waals surface area contributed by atoms with Crippen molar-refractivity contribution >= 4 is 35.3 Å². The number of para-hydroxylation sites is 2. The average Bonchev–Trinajstić information content (AvgIpc) is 3.23. The highest BCUT2D eigenvalue weighted by atomic mass is 32.2. The molecule has 1 fully saturated rings. The van der Waals surface area contributed by atoms with E-state index in [0.29, 0.717) is 43.1 Å². The largest absolute Gasteiger partial charge is 0.378 e. The summed E-state index contributed by atoms with van der Waals surface area (Å²) in [6, 6.07) is 16.4. The summed E-state index contributed by atoms with van der Waals surface area (Å²) < 4.78 is 7.45. The first-order valence-corrected chi connectivity index (χ1v) is 11.6. The first kappa shape index (κ1) is 22.8. The number of hydrogen-bond donors (Lipinski definition) is 2. The van der Waals surface area contributed by atoms with Crippen LogP contribution in [-0.4, -0.2) is 58.3 Å². The number of carbonyl (C=O) groups excluding carboxylic acids is 2. The zero-order chi connectivity index (χ0) is 23.2. The van der Waals surface area contributed by atoms with Crippen molar-refractivity contribution in [2.24, 2.45) is 0 Å². The molecule has 0 bridgehead atoms. The van der Waals surface area contributed by atoms with Crippen LogP contribution >= 0.6 is 11.8 Å². The molecule has 3 amide bonds. The topological polar surface area (TPSA) is 101 Å². The Kier molecular flexibility index (Phi) is 7.26. The SMILES string of the molecule is Cc1ccccc1-n1c(SC(C)C(=O)NC(=O)Nc2ccccc2)nnc1N1CCOCC1. The van der Waals surface area contributed by atoms with Crippen LogP contribution in [0, 0.1) is 6.92 Å². The number of carbonyl (C=O) groups is 2. The van der Waals surface area contributed by atoms with E-state index in [4.69, 9.17) is 4.74 Å². The molecule has 1 aromatic heterocycles. The molecule has 10 heteroatoms. The standard InChI is InChI=1S/C23H26N6O3S/c1-16-8-6-7-11-19(16)29-22(28-12-14-32-15-13-28)26-27-23(29)33-17(2)20(30)25-21(31)24-18-9-4-3-5-10-18/h3-11,17H,12-15H2,1-2H3,(H2,24,25,30,31). The number of ether oxygens (including phenoxy) is 1. The monoisotopic (exact) mass is 466 g/mol. The second kappa shape index (κ2) is 10.5. The van der Waals surface area contributed by atoms with Gasteiger partial charge in [-0.3, -0.25) is 14.7 Å². The maximum Gasteiger partial charge on any atom is 0.325 e. The van der Waals surface area contributed by atoms with E-state index < -0.39 is 17.2 Å². The Balaban J connectivity index is 1.52. The highest BCUT2D eigenvalue weighted by Gasteiger charge is 2.26. The maximum atomic E-state index is 12.7. The van der Waals surface area contributed by atoms with Gasteiger partial charge in [-0.1, -0.05) is 48.2 Å². The van der Waals surface area contributed by atoms with Gasteiger partial charge in [0.05, 0.1) is 24.2 Å². The lowest BCUT2D eigenvalue weighted by atomic mass is 10.2. The Morgan fingerprint density at radius 3 is 2.45 bits per heavy atom. The smallest absolute Gasteiger partial charge is 0.325 e. The number of hydrogen-bond acceptors (Lipinski definition) is 7. The van der Waals surface area contributed by atoms with E-state index in [1.54, 1.807) is 31.2 Å². The molecule has 4 rings (SSSR count). The number of thioether (sulfide) groups is 1. The molecule has 3 aromatic rings. The van der Waals surface area contributed by atoms with E-state index in [0.717, 1.165) is 11.3 Å². The molecule has 1 aliphatic heterocycles. The highest BCUT2D eigenvalue weighted by Crippen LogP contribution is 2.31. The van der Waals surface area contributed by atoms with Crippen LogP contribution in [0.4, 0.5) is 16.4 Å². The van der Waals surface area contributed by atoms with Gasteiger partial charge in [0.15, 0.2) is 5.16 Å². The number of amides is 3. The summed E-state index contributed by atoms with van der Waals surface area (Å²) in [4.78, 5) is 27.0. The molecule has 1 unspecified atom stereocenters. The molecule has 9 nitrogen and oxygen atoms in total. The zero-order valence-corrected chi connectivity index (χ0v) is 19.3. The quantitative estimate of drug-likeness (QED) is 0.538. The Labute approximate surface area is 196 Å². The van der Waals surface area contributed by atoms with Crippen molar-refractivity contribution in [1.82, 2.24) is 20.1 Å². The van der Waals surface area contributed by atoms with Gasteiger partial charge in [-0.2, -0.15) is 0 Å². The lowest BCUT2D eigenvalue weighted by Crippen LogP contribution is -2.39. The number of nitrogens with one attached hydrogen (secondary N) is 2. The van der Waals surface area contributed by atoms with Crippen LogP contribution in [-0.2, 0) is 9.53 Å². The molecule has 0 aliphatic carbocycles. The van der Waals surface area contributed by atoms with Gasteiger partial charge >= 0.3 is 6.03 Å². The van der Waals surface area contributed by atoms with E-state index >= 15 is 0 Å². The molecule has 1 saturated heterocycles. The molecule has 2 heterocycles. The van der Waals surface area contributed by atoms with Crippen LogP contribution in [0.15, 0.2) is 59.8 Å². The molecule has 33 heavy (non-hydrogen) atoms. The number of urea groups is 1. The van der Waals surface area contributed by atoms with Crippen molar-refractivity contribution < 1.29 is 14.3 Å². The summed E-state index contributed by atoms with van der Waals surface area (Å²) in [7, 11) is 0. The summed E-state index contributed by atoms with van der Waals surface area (Å²) in [6.45, 7) is 6.43. The molecule has 2 N–H and O–H groups in total. The number of aryl methyl sites for hydroxylation is 1. The lowest BCUT2D eigenvalue weighted by molar-refractivity contribution is -0.119. The van der Waals surface area contributed by atoms with Gasteiger partial charge in [0, 0.05) is 18.8 Å². The number of aromatic nitrogens is 3. The van der Waals surface area contributed by atoms with Crippen molar-refractivity contribution in [3.63, 3.8) is 0 Å². The average molecular weight is 467 g/mol. The van der Waals surface area contributed by atoms with E-state index in [9.17, 15) is 9.59 Å². The van der Waals surface area contributed by atoms with Crippen LogP contribution in [0.25, 0.3) is 5.69 Å². The number of morpholine rings is 1. The number of imide groups is 1. The van der Waals surface area contributed by atoms with E-state index in [1.165, 1.54) is 11.8 Å². The minimum atomic E-state index is -0.576. The summed E-state index contributed by atoms with van der Waals surface area (Å²) >= 11 is 1.25. The van der Waals surface area contributed by atoms with Crippen molar-refractivity contribution in [3.8, 4) is 5.69 Å². The molecule has 0 saturated carbocycles. The van der Waals surface area contributed by atoms with E-state index in [2.05, 4.69) is 25.7 Å². The van der Waals surface area contributed by atoms with E-state index in [1.807, 2.05) is 41.8 Å². The van der Waals surface area contributed by atoms with Crippen molar-refractivity contribution in [1.29, 1.82) is 0 Å². The van der Waals surface area contributed by atoms with Gasteiger partial charge in [0.1, 0.15) is 0 Å². The van der Waals surface area contributed by atoms with Gasteiger partial charge < -0.3 is 15.0 Å². The lowest BCUT2D eigenvalue weighted by Gasteiger charge is -2.28. The Morgan fingerprint density at radius 1 is 1.03 bits per heavy atom. The van der Waals surface area contributed by atoms with Crippen molar-refractivity contribution in [2.45, 2.75) is 24.3 Å². The maximum absolute atomic E-state index is 12.7. The van der Waals surface area contributed by atoms with Crippen LogP contribution in [0.3, 0.4) is 0 Å². The highest BCUT2D eigenvalue weighted by molar-refractivity contribution is 8.00. The predicted octanol–water partition coefficient (Wildman–Crippen LogP) is 3.24. The molecule has 172 valence electrons. The normalized spacial score (nSPS) is 14.5. The predicted molar refractivity (Wildman–Crippen MR) is 128 cm³/mol. The number of benzene rings is 2. The van der Waals surface area contributed by atoms with Gasteiger partial charge in [-0.05, 0) is 37.6 Å². The Bertz CT molecular complexity index is 1110. The summed E-state index contributed by atoms with van der Waals surface area (Å²) in [5.41, 5.74) is 2.62. The summed E-state index contributed by atoms with van der Waals surface area (Å²) in [5.74, 6) is 0.296. The molecule has 0 radical (unpaired) electrons. The minimum absolute atomic E-state index is 0.416. The first-order valence-electron chi connectivity index (χ1n) is 10.7. The zero-order valence-electron chi connectivity index (χ0n) is 18.5. The molecule has 2 aromatic carbocycles.